The summed E-state index contributed by atoms with van der Waals surface area (Å²) in [7, 11) is 2.06. The van der Waals surface area contributed by atoms with Crippen molar-refractivity contribution in [3.8, 4) is 12.3 Å². The van der Waals surface area contributed by atoms with Crippen LogP contribution < -0.4 is 4.72 Å². The maximum atomic E-state index is 12.6. The third-order valence-corrected chi connectivity index (χ3v) is 5.40. The van der Waals surface area contributed by atoms with E-state index in [9.17, 15) is 4.79 Å². The van der Waals surface area contributed by atoms with E-state index in [-0.39, 0.29) is 11.0 Å². The molecule has 1 aromatic rings. The van der Waals surface area contributed by atoms with Crippen molar-refractivity contribution in [2.75, 3.05) is 20.1 Å². The largest absolute Gasteiger partial charge is 0.299 e. The lowest BCUT2D eigenvalue weighted by atomic mass is 9.73. The van der Waals surface area contributed by atoms with Gasteiger partial charge in [-0.1, -0.05) is 25.1 Å². The first kappa shape index (κ1) is 17.1. The lowest BCUT2D eigenvalue weighted by molar-refractivity contribution is -0.137. The van der Waals surface area contributed by atoms with Crippen LogP contribution in [0.3, 0.4) is 0 Å². The van der Waals surface area contributed by atoms with Crippen molar-refractivity contribution in [1.29, 1.82) is 0 Å². The summed E-state index contributed by atoms with van der Waals surface area (Å²) in [4.78, 5) is 16.0. The van der Waals surface area contributed by atoms with Crippen molar-refractivity contribution >= 4 is 17.7 Å². The molecule has 2 atom stereocenters. The van der Waals surface area contributed by atoms with Crippen molar-refractivity contribution in [1.82, 2.24) is 9.62 Å². The number of Topliss-reactive ketones (excluding diaryl/α,β-unsaturated/α-hetero) is 1. The Bertz CT molecular complexity index is 568. The van der Waals surface area contributed by atoms with Crippen LogP contribution in [0, 0.1) is 17.8 Å². The molecule has 0 saturated carbocycles. The summed E-state index contributed by atoms with van der Waals surface area (Å²) in [6.07, 6.45) is 6.59. The van der Waals surface area contributed by atoms with Crippen molar-refractivity contribution in [3.63, 3.8) is 0 Å². The minimum atomic E-state index is -0.370. The van der Waals surface area contributed by atoms with Crippen LogP contribution >= 0.6 is 11.9 Å². The Morgan fingerprint density at radius 1 is 1.36 bits per heavy atom. The first-order valence-electron chi connectivity index (χ1n) is 7.52. The molecule has 0 radical (unpaired) electrons. The van der Waals surface area contributed by atoms with Gasteiger partial charge in [0.1, 0.15) is 5.78 Å². The lowest BCUT2D eigenvalue weighted by Crippen LogP contribution is -2.59. The van der Waals surface area contributed by atoms with Crippen LogP contribution in [-0.4, -0.2) is 36.4 Å². The molecule has 1 aliphatic rings. The summed E-state index contributed by atoms with van der Waals surface area (Å²) in [6, 6.07) is 10.1. The monoisotopic (exact) mass is 316 g/mol. The van der Waals surface area contributed by atoms with Gasteiger partial charge in [0.2, 0.25) is 0 Å². The molecular weight excluding hydrogens is 292 g/mol. The van der Waals surface area contributed by atoms with E-state index >= 15 is 0 Å². The normalized spacial score (nSPS) is 29.3. The number of carbonyl (C=O) groups is 1. The van der Waals surface area contributed by atoms with Gasteiger partial charge in [-0.3, -0.25) is 14.4 Å². The summed E-state index contributed by atoms with van der Waals surface area (Å²) in [5, 5.41) is 0. The first-order chi connectivity index (χ1) is 10.4. The molecule has 1 fully saturated rings. The number of ketones is 1. The number of terminal acetylenes is 1. The van der Waals surface area contributed by atoms with Gasteiger partial charge in [0.25, 0.3) is 0 Å². The number of rotatable bonds is 5. The molecule has 1 N–H and O–H groups in total. The predicted molar refractivity (Wildman–Crippen MR) is 92.5 cm³/mol. The van der Waals surface area contributed by atoms with E-state index in [1.54, 1.807) is 11.9 Å². The van der Waals surface area contributed by atoms with Crippen LogP contribution in [0.15, 0.2) is 35.2 Å². The van der Waals surface area contributed by atoms with Gasteiger partial charge in [-0.15, -0.1) is 12.3 Å². The van der Waals surface area contributed by atoms with Crippen molar-refractivity contribution in [3.05, 3.63) is 30.3 Å². The third kappa shape index (κ3) is 3.73. The minimum absolute atomic E-state index is 0.210. The molecule has 0 aliphatic carbocycles. The van der Waals surface area contributed by atoms with Gasteiger partial charge in [-0.05, 0) is 38.1 Å². The quantitative estimate of drug-likeness (QED) is 0.669. The Balaban J connectivity index is 1.96. The van der Waals surface area contributed by atoms with Crippen LogP contribution in [0.2, 0.25) is 0 Å². The Kier molecular flexibility index (Phi) is 5.33. The van der Waals surface area contributed by atoms with Gasteiger partial charge in [0.15, 0.2) is 0 Å². The van der Waals surface area contributed by atoms with E-state index in [1.807, 2.05) is 25.1 Å². The third-order valence-electron chi connectivity index (χ3n) is 4.60. The molecule has 1 saturated heterocycles. The molecule has 0 amide bonds. The zero-order valence-electron chi connectivity index (χ0n) is 13.6. The van der Waals surface area contributed by atoms with E-state index in [0.717, 1.165) is 11.4 Å². The highest BCUT2D eigenvalue weighted by Gasteiger charge is 2.46. The molecule has 22 heavy (non-hydrogen) atoms. The minimum Gasteiger partial charge on any atom is -0.299 e. The zero-order chi connectivity index (χ0) is 16.2. The number of nitrogens with zero attached hydrogens (tertiary/aromatic N) is 1. The molecule has 1 heterocycles. The fourth-order valence-corrected chi connectivity index (χ4v) is 3.69. The average molecular weight is 316 g/mol. The highest BCUT2D eigenvalue weighted by molar-refractivity contribution is 7.97. The van der Waals surface area contributed by atoms with Gasteiger partial charge >= 0.3 is 0 Å². The molecule has 2 unspecified atom stereocenters. The number of hydrogen-bond donors (Lipinski definition) is 1. The lowest BCUT2D eigenvalue weighted by Gasteiger charge is -2.48. The number of nitrogens with one attached hydrogen (secondary N) is 1. The second-order valence-electron chi connectivity index (χ2n) is 6.63. The molecule has 0 spiro atoms. The van der Waals surface area contributed by atoms with Crippen LogP contribution in [0.25, 0.3) is 0 Å². The highest BCUT2D eigenvalue weighted by Crippen LogP contribution is 2.36. The molecule has 0 aromatic heterocycles. The molecule has 2 rings (SSSR count). The second kappa shape index (κ2) is 6.87. The topological polar surface area (TPSA) is 32.3 Å². The summed E-state index contributed by atoms with van der Waals surface area (Å²) in [5.74, 6) is 3.00. The molecule has 0 bridgehead atoms. The van der Waals surface area contributed by atoms with Crippen molar-refractivity contribution < 1.29 is 4.79 Å². The highest BCUT2D eigenvalue weighted by atomic mass is 32.2. The zero-order valence-corrected chi connectivity index (χ0v) is 14.4. The van der Waals surface area contributed by atoms with E-state index in [1.165, 1.54) is 0 Å². The Morgan fingerprint density at radius 2 is 2.05 bits per heavy atom. The van der Waals surface area contributed by atoms with E-state index in [4.69, 9.17) is 6.42 Å². The fourth-order valence-electron chi connectivity index (χ4n) is 2.84. The number of carbonyl (C=O) groups excluding carboxylic acids is 1. The van der Waals surface area contributed by atoms with E-state index in [2.05, 4.69) is 41.6 Å². The SMILES string of the molecule is C#CCC1(C)CC(=O)C(C)(CNSc2ccccc2)CN1C. The van der Waals surface area contributed by atoms with E-state index in [0.29, 0.717) is 25.2 Å². The number of benzene rings is 1. The van der Waals surface area contributed by atoms with E-state index < -0.39 is 0 Å². The molecular formula is C18H24N2OS. The van der Waals surface area contributed by atoms with Crippen LogP contribution in [0.1, 0.15) is 26.7 Å². The molecule has 4 heteroatoms. The fraction of sp³-hybridized carbons (Fsp3) is 0.500. The summed E-state index contributed by atoms with van der Waals surface area (Å²) in [6.45, 7) is 5.50. The summed E-state index contributed by atoms with van der Waals surface area (Å²) in [5.41, 5.74) is -0.581. The van der Waals surface area contributed by atoms with Gasteiger partial charge < -0.3 is 0 Å². The average Bonchev–Trinajstić information content (AvgIpc) is 2.47. The summed E-state index contributed by atoms with van der Waals surface area (Å²) < 4.78 is 3.35. The number of likely N-dealkylation sites (tertiary alicyclic amines) is 1. The Morgan fingerprint density at radius 3 is 2.68 bits per heavy atom. The summed E-state index contributed by atoms with van der Waals surface area (Å²) >= 11 is 1.57. The van der Waals surface area contributed by atoms with Gasteiger partial charge in [0.05, 0.1) is 5.41 Å². The van der Waals surface area contributed by atoms with Crippen LogP contribution in [0.5, 0.6) is 0 Å². The van der Waals surface area contributed by atoms with Crippen LogP contribution in [0.4, 0.5) is 0 Å². The first-order valence-corrected chi connectivity index (χ1v) is 8.34. The Labute approximate surface area is 138 Å². The van der Waals surface area contributed by atoms with Gasteiger partial charge in [-0.2, -0.15) is 0 Å². The Hall–Kier alpha value is -1.28. The van der Waals surface area contributed by atoms with Gasteiger partial charge in [0, 0.05) is 36.4 Å². The second-order valence-corrected chi connectivity index (χ2v) is 7.59. The maximum Gasteiger partial charge on any atom is 0.143 e. The number of piperidine rings is 1. The predicted octanol–water partition coefficient (Wildman–Crippen LogP) is 2.98. The van der Waals surface area contributed by atoms with Crippen LogP contribution in [-0.2, 0) is 4.79 Å². The smallest absolute Gasteiger partial charge is 0.143 e. The maximum absolute atomic E-state index is 12.6. The molecule has 3 nitrogen and oxygen atoms in total. The van der Waals surface area contributed by atoms with Crippen molar-refractivity contribution in [2.45, 2.75) is 37.1 Å². The number of hydrogen-bond acceptors (Lipinski definition) is 4. The molecule has 1 aromatic carbocycles. The standard InChI is InChI=1S/C18H24N2OS/c1-5-11-18(3)12-16(21)17(2,14-20(18)4)13-19-22-15-9-7-6-8-10-15/h1,6-10,19H,11-14H2,2-4H3. The molecule has 118 valence electrons. The molecule has 1 aliphatic heterocycles. The van der Waals surface area contributed by atoms with Gasteiger partial charge in [-0.25, -0.2) is 0 Å². The van der Waals surface area contributed by atoms with Crippen molar-refractivity contribution in [2.24, 2.45) is 5.41 Å².